The lowest BCUT2D eigenvalue weighted by Crippen LogP contribution is -2.29. The van der Waals surface area contributed by atoms with Crippen LogP contribution in [0.3, 0.4) is 0 Å². The summed E-state index contributed by atoms with van der Waals surface area (Å²) in [5.41, 5.74) is 2.74. The van der Waals surface area contributed by atoms with E-state index in [0.717, 1.165) is 19.6 Å². The molecule has 90 valence electrons. The SMILES string of the molecule is CCN(Cc1ccc(CNC)cc1)C(C)C. The van der Waals surface area contributed by atoms with Gasteiger partial charge >= 0.3 is 0 Å². The maximum atomic E-state index is 3.16. The highest BCUT2D eigenvalue weighted by atomic mass is 15.1. The van der Waals surface area contributed by atoms with E-state index in [4.69, 9.17) is 0 Å². The zero-order valence-corrected chi connectivity index (χ0v) is 11.0. The molecular formula is C14H24N2. The molecule has 2 heteroatoms. The maximum absolute atomic E-state index is 3.16. The molecule has 0 aliphatic rings. The standard InChI is InChI=1S/C14H24N2/c1-5-16(12(2)3)11-14-8-6-13(7-9-14)10-15-4/h6-9,12,15H,5,10-11H2,1-4H3. The Balaban J connectivity index is 2.60. The third-order valence-corrected chi connectivity index (χ3v) is 2.93. The Morgan fingerprint density at radius 1 is 1.12 bits per heavy atom. The van der Waals surface area contributed by atoms with E-state index in [-0.39, 0.29) is 0 Å². The summed E-state index contributed by atoms with van der Waals surface area (Å²) < 4.78 is 0. The summed E-state index contributed by atoms with van der Waals surface area (Å²) in [6.45, 7) is 9.82. The van der Waals surface area contributed by atoms with E-state index >= 15 is 0 Å². The van der Waals surface area contributed by atoms with Gasteiger partial charge in [0.05, 0.1) is 0 Å². The minimum absolute atomic E-state index is 0.613. The molecule has 0 bridgehead atoms. The van der Waals surface area contributed by atoms with Crippen molar-refractivity contribution in [3.05, 3.63) is 35.4 Å². The highest BCUT2D eigenvalue weighted by Gasteiger charge is 2.07. The first-order valence-corrected chi connectivity index (χ1v) is 6.13. The monoisotopic (exact) mass is 220 g/mol. The van der Waals surface area contributed by atoms with Crippen molar-refractivity contribution in [3.63, 3.8) is 0 Å². The lowest BCUT2D eigenvalue weighted by Gasteiger charge is -2.24. The Morgan fingerprint density at radius 3 is 2.12 bits per heavy atom. The second kappa shape index (κ2) is 6.66. The van der Waals surface area contributed by atoms with Crippen LogP contribution in [0, 0.1) is 0 Å². The van der Waals surface area contributed by atoms with Crippen LogP contribution in [-0.4, -0.2) is 24.5 Å². The zero-order chi connectivity index (χ0) is 12.0. The van der Waals surface area contributed by atoms with Gasteiger partial charge in [0.1, 0.15) is 0 Å². The first kappa shape index (κ1) is 13.2. The molecule has 0 saturated carbocycles. The van der Waals surface area contributed by atoms with E-state index in [1.54, 1.807) is 0 Å². The lowest BCUT2D eigenvalue weighted by molar-refractivity contribution is 0.225. The number of hydrogen-bond donors (Lipinski definition) is 1. The molecule has 0 aliphatic heterocycles. The van der Waals surface area contributed by atoms with Crippen molar-refractivity contribution in [2.75, 3.05) is 13.6 Å². The molecule has 0 spiro atoms. The van der Waals surface area contributed by atoms with Crippen molar-refractivity contribution in [2.45, 2.75) is 39.9 Å². The van der Waals surface area contributed by atoms with Gasteiger partial charge in [-0.2, -0.15) is 0 Å². The van der Waals surface area contributed by atoms with Crippen LogP contribution in [-0.2, 0) is 13.1 Å². The molecule has 0 atom stereocenters. The van der Waals surface area contributed by atoms with Gasteiger partial charge in [0.15, 0.2) is 0 Å². The van der Waals surface area contributed by atoms with Crippen molar-refractivity contribution in [1.82, 2.24) is 10.2 Å². The molecule has 1 rings (SSSR count). The molecule has 1 N–H and O–H groups in total. The topological polar surface area (TPSA) is 15.3 Å². The lowest BCUT2D eigenvalue weighted by atomic mass is 10.1. The first-order valence-electron chi connectivity index (χ1n) is 6.13. The van der Waals surface area contributed by atoms with Crippen molar-refractivity contribution in [1.29, 1.82) is 0 Å². The highest BCUT2D eigenvalue weighted by Crippen LogP contribution is 2.09. The Hall–Kier alpha value is -0.860. The predicted molar refractivity (Wildman–Crippen MR) is 70.4 cm³/mol. The fourth-order valence-corrected chi connectivity index (χ4v) is 1.86. The number of rotatable bonds is 6. The summed E-state index contributed by atoms with van der Waals surface area (Å²) in [6, 6.07) is 9.50. The summed E-state index contributed by atoms with van der Waals surface area (Å²) in [4.78, 5) is 2.47. The van der Waals surface area contributed by atoms with E-state index in [1.165, 1.54) is 11.1 Å². The van der Waals surface area contributed by atoms with E-state index < -0.39 is 0 Å². The van der Waals surface area contributed by atoms with Crippen LogP contribution < -0.4 is 5.32 Å². The van der Waals surface area contributed by atoms with Crippen molar-refractivity contribution in [3.8, 4) is 0 Å². The van der Waals surface area contributed by atoms with Gasteiger partial charge in [-0.15, -0.1) is 0 Å². The molecule has 2 nitrogen and oxygen atoms in total. The van der Waals surface area contributed by atoms with Gasteiger partial charge in [-0.3, -0.25) is 4.90 Å². The van der Waals surface area contributed by atoms with Crippen molar-refractivity contribution in [2.24, 2.45) is 0 Å². The third-order valence-electron chi connectivity index (χ3n) is 2.93. The van der Waals surface area contributed by atoms with Crippen LogP contribution in [0.15, 0.2) is 24.3 Å². The highest BCUT2D eigenvalue weighted by molar-refractivity contribution is 5.22. The van der Waals surface area contributed by atoms with Crippen molar-refractivity contribution >= 4 is 0 Å². The molecule has 0 aromatic heterocycles. The van der Waals surface area contributed by atoms with Gasteiger partial charge in [-0.05, 0) is 38.6 Å². The molecule has 1 aromatic rings. The Kier molecular flexibility index (Phi) is 5.50. The van der Waals surface area contributed by atoms with Gasteiger partial charge in [0.2, 0.25) is 0 Å². The third kappa shape index (κ3) is 3.95. The van der Waals surface area contributed by atoms with E-state index in [2.05, 4.69) is 55.3 Å². The number of benzene rings is 1. The second-order valence-electron chi connectivity index (χ2n) is 4.50. The van der Waals surface area contributed by atoms with E-state index in [9.17, 15) is 0 Å². The van der Waals surface area contributed by atoms with Gasteiger partial charge in [0.25, 0.3) is 0 Å². The van der Waals surface area contributed by atoms with Gasteiger partial charge in [-0.1, -0.05) is 31.2 Å². The molecule has 16 heavy (non-hydrogen) atoms. The smallest absolute Gasteiger partial charge is 0.0236 e. The fraction of sp³-hybridized carbons (Fsp3) is 0.571. The fourth-order valence-electron chi connectivity index (χ4n) is 1.86. The average molecular weight is 220 g/mol. The summed E-state index contributed by atoms with van der Waals surface area (Å²) >= 11 is 0. The molecule has 1 aromatic carbocycles. The van der Waals surface area contributed by atoms with Crippen LogP contribution in [0.2, 0.25) is 0 Å². The van der Waals surface area contributed by atoms with Crippen LogP contribution in [0.4, 0.5) is 0 Å². The van der Waals surface area contributed by atoms with Gasteiger partial charge in [0, 0.05) is 19.1 Å². The molecule has 0 aliphatic carbocycles. The van der Waals surface area contributed by atoms with Gasteiger partial charge in [-0.25, -0.2) is 0 Å². The largest absolute Gasteiger partial charge is 0.316 e. The molecule has 0 fully saturated rings. The zero-order valence-electron chi connectivity index (χ0n) is 11.0. The minimum Gasteiger partial charge on any atom is -0.316 e. The quantitative estimate of drug-likeness (QED) is 0.793. The molecule has 0 unspecified atom stereocenters. The molecule has 0 saturated heterocycles. The summed E-state index contributed by atoms with van der Waals surface area (Å²) in [7, 11) is 1.98. The molecule has 0 amide bonds. The normalized spacial score (nSPS) is 11.4. The van der Waals surface area contributed by atoms with Gasteiger partial charge < -0.3 is 5.32 Å². The summed E-state index contributed by atoms with van der Waals surface area (Å²) in [5.74, 6) is 0. The van der Waals surface area contributed by atoms with Crippen LogP contribution in [0.5, 0.6) is 0 Å². The Labute approximate surface area is 99.7 Å². The first-order chi connectivity index (χ1) is 7.67. The summed E-state index contributed by atoms with van der Waals surface area (Å²) in [5, 5.41) is 3.16. The number of hydrogen-bond acceptors (Lipinski definition) is 2. The molecular weight excluding hydrogens is 196 g/mol. The average Bonchev–Trinajstić information content (AvgIpc) is 2.28. The van der Waals surface area contributed by atoms with Crippen LogP contribution in [0.25, 0.3) is 0 Å². The van der Waals surface area contributed by atoms with E-state index in [0.29, 0.717) is 6.04 Å². The number of nitrogens with one attached hydrogen (secondary N) is 1. The van der Waals surface area contributed by atoms with Crippen LogP contribution >= 0.6 is 0 Å². The van der Waals surface area contributed by atoms with Crippen LogP contribution in [0.1, 0.15) is 31.9 Å². The van der Waals surface area contributed by atoms with Crippen molar-refractivity contribution < 1.29 is 0 Å². The molecule has 0 heterocycles. The summed E-state index contributed by atoms with van der Waals surface area (Å²) in [6.07, 6.45) is 0. The molecule has 0 radical (unpaired) electrons. The Bertz CT molecular complexity index is 290. The Morgan fingerprint density at radius 2 is 1.69 bits per heavy atom. The predicted octanol–water partition coefficient (Wildman–Crippen LogP) is 2.64. The second-order valence-corrected chi connectivity index (χ2v) is 4.50. The maximum Gasteiger partial charge on any atom is 0.0236 e. The van der Waals surface area contributed by atoms with E-state index in [1.807, 2.05) is 7.05 Å². The minimum atomic E-state index is 0.613. The number of nitrogens with zero attached hydrogens (tertiary/aromatic N) is 1.